The highest BCUT2D eigenvalue weighted by Gasteiger charge is 2.33. The largest absolute Gasteiger partial charge is 0.394 e. The molecule has 2 unspecified atom stereocenters. The molecule has 2 N–H and O–H groups in total. The van der Waals surface area contributed by atoms with Crippen molar-refractivity contribution in [1.29, 1.82) is 0 Å². The number of nitrogens with zero attached hydrogens (tertiary/aromatic N) is 1. The van der Waals surface area contributed by atoms with E-state index in [4.69, 9.17) is 12.2 Å². The molecule has 1 aliphatic rings. The van der Waals surface area contributed by atoms with Gasteiger partial charge in [-0.2, -0.15) is 0 Å². The van der Waals surface area contributed by atoms with Crippen LogP contribution in [0.4, 0.5) is 0 Å². The van der Waals surface area contributed by atoms with Crippen molar-refractivity contribution in [2.24, 2.45) is 5.92 Å². The molecule has 0 radical (unpaired) electrons. The second kappa shape index (κ2) is 5.50. The monoisotopic (exact) mass is 286 g/mol. The van der Waals surface area contributed by atoms with Gasteiger partial charge in [0.25, 0.3) is 0 Å². The van der Waals surface area contributed by atoms with E-state index >= 15 is 0 Å². The van der Waals surface area contributed by atoms with E-state index in [9.17, 15) is 9.90 Å². The molecule has 1 saturated heterocycles. The summed E-state index contributed by atoms with van der Waals surface area (Å²) >= 11 is 6.53. The van der Waals surface area contributed by atoms with Crippen LogP contribution in [0.15, 0.2) is 0 Å². The number of thiazole rings is 1. The fourth-order valence-electron chi connectivity index (χ4n) is 2.44. The second-order valence-electron chi connectivity index (χ2n) is 4.84. The molecule has 18 heavy (non-hydrogen) atoms. The van der Waals surface area contributed by atoms with Crippen LogP contribution in [0, 0.1) is 16.8 Å². The molecule has 1 aromatic rings. The number of H-pyrrole nitrogens is 1. The Morgan fingerprint density at radius 2 is 2.39 bits per heavy atom. The zero-order chi connectivity index (χ0) is 13.3. The number of aryl methyl sites for hydroxylation is 1. The third-order valence-corrected chi connectivity index (χ3v) is 4.96. The van der Waals surface area contributed by atoms with Crippen LogP contribution in [0.1, 0.15) is 23.9 Å². The Balaban J connectivity index is 2.08. The Morgan fingerprint density at radius 3 is 2.94 bits per heavy atom. The summed E-state index contributed by atoms with van der Waals surface area (Å²) in [6.45, 7) is 4.82. The van der Waals surface area contributed by atoms with Crippen LogP contribution in [0.25, 0.3) is 0 Å². The maximum atomic E-state index is 12.3. The van der Waals surface area contributed by atoms with E-state index < -0.39 is 0 Å². The lowest BCUT2D eigenvalue weighted by Gasteiger charge is -2.25. The SMILES string of the molecule is Cc1[nH]c(=S)sc1CC(=O)N1CCC(C)C1CO. The van der Waals surface area contributed by atoms with Gasteiger partial charge in [-0.1, -0.05) is 6.92 Å². The Labute approximate surface area is 116 Å². The van der Waals surface area contributed by atoms with Crippen molar-refractivity contribution in [3.05, 3.63) is 14.5 Å². The Morgan fingerprint density at radius 1 is 1.67 bits per heavy atom. The molecule has 2 atom stereocenters. The highest BCUT2D eigenvalue weighted by molar-refractivity contribution is 7.73. The fourth-order valence-corrected chi connectivity index (χ4v) is 3.72. The summed E-state index contributed by atoms with van der Waals surface area (Å²) in [7, 11) is 0. The normalized spacial score (nSPS) is 23.6. The number of nitrogens with one attached hydrogen (secondary N) is 1. The lowest BCUT2D eigenvalue weighted by Crippen LogP contribution is -2.40. The molecule has 1 aliphatic heterocycles. The van der Waals surface area contributed by atoms with Crippen LogP contribution >= 0.6 is 23.6 Å². The van der Waals surface area contributed by atoms with E-state index in [1.807, 2.05) is 11.8 Å². The standard InChI is InChI=1S/C12H18N2O2S2/c1-7-3-4-14(9(7)6-15)11(16)5-10-8(2)13-12(17)18-10/h7,9,15H,3-6H2,1-2H3,(H,13,17). The van der Waals surface area contributed by atoms with Crippen molar-refractivity contribution in [2.45, 2.75) is 32.7 Å². The van der Waals surface area contributed by atoms with Gasteiger partial charge < -0.3 is 15.0 Å². The lowest BCUT2D eigenvalue weighted by atomic mass is 10.0. The molecule has 0 aliphatic carbocycles. The van der Waals surface area contributed by atoms with Gasteiger partial charge in [0.05, 0.1) is 19.1 Å². The van der Waals surface area contributed by atoms with E-state index in [1.54, 1.807) is 0 Å². The van der Waals surface area contributed by atoms with Crippen molar-refractivity contribution in [2.75, 3.05) is 13.2 Å². The van der Waals surface area contributed by atoms with Crippen LogP contribution in [0.3, 0.4) is 0 Å². The Bertz CT molecular complexity index is 495. The predicted octanol–water partition coefficient (Wildman–Crippen LogP) is 1.89. The van der Waals surface area contributed by atoms with Crippen molar-refractivity contribution in [3.8, 4) is 0 Å². The zero-order valence-electron chi connectivity index (χ0n) is 10.6. The molecule has 4 nitrogen and oxygen atoms in total. The van der Waals surface area contributed by atoms with E-state index in [1.165, 1.54) is 11.3 Å². The first-order valence-electron chi connectivity index (χ1n) is 6.12. The predicted molar refractivity (Wildman–Crippen MR) is 74.3 cm³/mol. The van der Waals surface area contributed by atoms with E-state index in [0.717, 1.165) is 23.5 Å². The van der Waals surface area contributed by atoms with Gasteiger partial charge >= 0.3 is 0 Å². The molecule has 2 rings (SSSR count). The van der Waals surface area contributed by atoms with Gasteiger partial charge in [-0.15, -0.1) is 11.3 Å². The number of likely N-dealkylation sites (tertiary alicyclic amines) is 1. The average molecular weight is 286 g/mol. The fraction of sp³-hybridized carbons (Fsp3) is 0.667. The molecule has 100 valence electrons. The van der Waals surface area contributed by atoms with Gasteiger partial charge in [-0.25, -0.2) is 0 Å². The number of aromatic amines is 1. The minimum absolute atomic E-state index is 0.0234. The van der Waals surface area contributed by atoms with Gasteiger partial charge in [0.15, 0.2) is 3.95 Å². The molecule has 0 bridgehead atoms. The maximum Gasteiger partial charge on any atom is 0.228 e. The Kier molecular flexibility index (Phi) is 4.19. The smallest absolute Gasteiger partial charge is 0.228 e. The number of aliphatic hydroxyl groups is 1. The minimum Gasteiger partial charge on any atom is -0.394 e. The molecule has 2 heterocycles. The summed E-state index contributed by atoms with van der Waals surface area (Å²) in [6, 6.07) is -0.0234. The van der Waals surface area contributed by atoms with Gasteiger partial charge in [0.1, 0.15) is 0 Å². The van der Waals surface area contributed by atoms with Gasteiger partial charge in [0, 0.05) is 17.1 Å². The number of hydrogen-bond acceptors (Lipinski definition) is 4. The molecule has 0 spiro atoms. The molecule has 6 heteroatoms. The van der Waals surface area contributed by atoms with Crippen LogP contribution in [-0.2, 0) is 11.2 Å². The van der Waals surface area contributed by atoms with Crippen molar-refractivity contribution in [1.82, 2.24) is 9.88 Å². The first kappa shape index (κ1) is 13.7. The first-order valence-corrected chi connectivity index (χ1v) is 7.34. The van der Waals surface area contributed by atoms with Gasteiger partial charge in [-0.05, 0) is 31.5 Å². The third-order valence-electron chi connectivity index (χ3n) is 3.63. The van der Waals surface area contributed by atoms with Crippen molar-refractivity contribution in [3.63, 3.8) is 0 Å². The summed E-state index contributed by atoms with van der Waals surface area (Å²) in [6.07, 6.45) is 1.35. The number of amides is 1. The van der Waals surface area contributed by atoms with Crippen LogP contribution in [0.2, 0.25) is 0 Å². The highest BCUT2D eigenvalue weighted by Crippen LogP contribution is 2.25. The number of rotatable bonds is 3. The van der Waals surface area contributed by atoms with Crippen LogP contribution in [0.5, 0.6) is 0 Å². The van der Waals surface area contributed by atoms with Crippen LogP contribution < -0.4 is 0 Å². The lowest BCUT2D eigenvalue weighted by molar-refractivity contribution is -0.132. The first-order chi connectivity index (χ1) is 8.52. The number of carbonyl (C=O) groups excluding carboxylic acids is 1. The number of aliphatic hydroxyl groups excluding tert-OH is 1. The maximum absolute atomic E-state index is 12.3. The van der Waals surface area contributed by atoms with Gasteiger partial charge in [0.2, 0.25) is 5.91 Å². The van der Waals surface area contributed by atoms with Crippen LogP contribution in [-0.4, -0.2) is 40.1 Å². The average Bonchev–Trinajstić information content (AvgIpc) is 2.82. The number of aromatic nitrogens is 1. The summed E-state index contributed by atoms with van der Waals surface area (Å²) in [5, 5.41) is 9.37. The Hall–Kier alpha value is -0.720. The molecular weight excluding hydrogens is 268 g/mol. The van der Waals surface area contributed by atoms with Crippen molar-refractivity contribution < 1.29 is 9.90 Å². The topological polar surface area (TPSA) is 56.3 Å². The summed E-state index contributed by atoms with van der Waals surface area (Å²) in [4.78, 5) is 18.1. The molecule has 0 saturated carbocycles. The molecule has 1 aromatic heterocycles. The summed E-state index contributed by atoms with van der Waals surface area (Å²) < 4.78 is 0.712. The molecule has 1 fully saturated rings. The number of carbonyl (C=O) groups is 1. The van der Waals surface area contributed by atoms with E-state index in [2.05, 4.69) is 11.9 Å². The molecule has 0 aromatic carbocycles. The zero-order valence-corrected chi connectivity index (χ0v) is 12.2. The molecular formula is C12H18N2O2S2. The highest BCUT2D eigenvalue weighted by atomic mass is 32.1. The third kappa shape index (κ3) is 2.65. The summed E-state index contributed by atoms with van der Waals surface area (Å²) in [5.74, 6) is 0.469. The van der Waals surface area contributed by atoms with Gasteiger partial charge in [-0.3, -0.25) is 4.79 Å². The quantitative estimate of drug-likeness (QED) is 0.834. The van der Waals surface area contributed by atoms with E-state index in [0.29, 0.717) is 16.3 Å². The molecule has 1 amide bonds. The van der Waals surface area contributed by atoms with E-state index in [-0.39, 0.29) is 18.6 Å². The minimum atomic E-state index is -0.0234. The van der Waals surface area contributed by atoms with Crippen molar-refractivity contribution >= 4 is 29.5 Å². The second-order valence-corrected chi connectivity index (χ2v) is 6.61. The summed E-state index contributed by atoms with van der Waals surface area (Å²) in [5.41, 5.74) is 0.978. The number of hydrogen-bond donors (Lipinski definition) is 2.